The first kappa shape index (κ1) is 55.3. The molecule has 0 bridgehead atoms. The number of carbonyl (C=O) groups excluding carboxylic acids is 1. The summed E-state index contributed by atoms with van der Waals surface area (Å²) >= 11 is 0. The van der Waals surface area contributed by atoms with Crippen molar-refractivity contribution in [3.05, 3.63) is 11.6 Å². The van der Waals surface area contributed by atoms with Gasteiger partial charge >= 0.3 is 5.97 Å². The second-order valence-electron chi connectivity index (χ2n) is 23.5. The highest BCUT2D eigenvalue weighted by Gasteiger charge is 2.72. The summed E-state index contributed by atoms with van der Waals surface area (Å²) < 4.78 is 42.7. The summed E-state index contributed by atoms with van der Waals surface area (Å²) in [7, 11) is 0. The molecule has 0 aromatic carbocycles. The maximum absolute atomic E-state index is 12.7. The first-order valence-electron chi connectivity index (χ1n) is 25.3. The SMILES string of the molecule is CC(=O)OC[C@H]1O[C@@H](O[C@H]2CC[C@@]3(C)C(CC[C@]4(C)[C@@H]3C[C@@H](O)[C@@H]3[C@@H]([C@](C)(CCC=C(C)C)O[C@@H]5O[C@H](CO)[C@@H](O)[C@H](O)[C@H]5O)CC[C@]34C)C2(C)C)[C@H](O[C@@H]2O[C@H](CO)[C@@H](O)[C@H](O)[C@H]2O)[C@@H](O)[C@@H]1O. The Balaban J connectivity index is 1.14. The monoisotopic (exact) mass is 989 g/mol. The number of ether oxygens (including phenoxy) is 7. The zero-order valence-electron chi connectivity index (χ0n) is 41.9. The van der Waals surface area contributed by atoms with E-state index in [1.165, 1.54) is 6.92 Å². The van der Waals surface area contributed by atoms with Crippen LogP contribution in [0, 0.1) is 45.3 Å². The van der Waals surface area contributed by atoms with Crippen LogP contribution in [-0.2, 0) is 38.0 Å². The average Bonchev–Trinajstić information content (AvgIpc) is 3.67. The van der Waals surface area contributed by atoms with Gasteiger partial charge in [-0.3, -0.25) is 4.79 Å². The Bertz CT molecular complexity index is 1790. The molecule has 3 heterocycles. The lowest BCUT2D eigenvalue weighted by molar-refractivity contribution is -0.378. The molecule has 7 rings (SSSR count). The van der Waals surface area contributed by atoms with Crippen LogP contribution >= 0.6 is 0 Å². The van der Waals surface area contributed by atoms with Crippen LogP contribution in [0.5, 0.6) is 0 Å². The summed E-state index contributed by atoms with van der Waals surface area (Å²) in [5, 5.41) is 120. The molecule has 1 unspecified atom stereocenters. The van der Waals surface area contributed by atoms with Gasteiger partial charge in [0.15, 0.2) is 18.9 Å². The van der Waals surface area contributed by atoms with E-state index in [0.29, 0.717) is 32.1 Å². The van der Waals surface area contributed by atoms with Crippen molar-refractivity contribution < 1.29 is 94.1 Å². The number of carbonyl (C=O) groups is 1. The van der Waals surface area contributed by atoms with E-state index in [2.05, 4.69) is 40.7 Å². The van der Waals surface area contributed by atoms with Crippen molar-refractivity contribution in [3.63, 3.8) is 0 Å². The van der Waals surface area contributed by atoms with Crippen molar-refractivity contribution >= 4 is 5.97 Å². The van der Waals surface area contributed by atoms with E-state index in [4.69, 9.17) is 33.2 Å². The summed E-state index contributed by atoms with van der Waals surface area (Å²) in [4.78, 5) is 11.8. The molecule has 0 radical (unpaired) electrons. The van der Waals surface area contributed by atoms with Gasteiger partial charge in [-0.15, -0.1) is 0 Å². The fourth-order valence-electron chi connectivity index (χ4n) is 15.1. The van der Waals surface area contributed by atoms with E-state index < -0.39 is 141 Å². The van der Waals surface area contributed by atoms with Crippen LogP contribution in [0.2, 0.25) is 0 Å². The summed E-state index contributed by atoms with van der Waals surface area (Å²) in [6.45, 7) is 16.9. The molecule has 0 aromatic rings. The Morgan fingerprint density at radius 2 is 1.22 bits per heavy atom. The number of esters is 1. The second-order valence-corrected chi connectivity index (χ2v) is 23.5. The fraction of sp³-hybridized carbons (Fsp3) is 0.940. The average molecular weight is 989 g/mol. The third-order valence-electron chi connectivity index (χ3n) is 19.1. The van der Waals surface area contributed by atoms with Gasteiger partial charge in [-0.05, 0) is 124 Å². The largest absolute Gasteiger partial charge is 0.463 e. The van der Waals surface area contributed by atoms with E-state index in [-0.39, 0.29) is 39.9 Å². The topological polar surface area (TPSA) is 304 Å². The number of allylic oxidation sites excluding steroid dienone is 2. The molecule has 3 aliphatic heterocycles. The van der Waals surface area contributed by atoms with E-state index in [0.717, 1.165) is 31.3 Å². The van der Waals surface area contributed by atoms with Gasteiger partial charge in [-0.1, -0.05) is 46.3 Å². The molecule has 69 heavy (non-hydrogen) atoms. The summed E-state index contributed by atoms with van der Waals surface area (Å²) in [5.41, 5.74) is -1.23. The van der Waals surface area contributed by atoms with Gasteiger partial charge in [0.2, 0.25) is 0 Å². The second kappa shape index (κ2) is 20.7. The number of aliphatic hydroxyl groups is 11. The van der Waals surface area contributed by atoms with Crippen LogP contribution in [0.15, 0.2) is 11.6 Å². The molecule has 3 saturated heterocycles. The lowest BCUT2D eigenvalue weighted by atomic mass is 9.35. The van der Waals surface area contributed by atoms with Crippen molar-refractivity contribution in [2.75, 3.05) is 19.8 Å². The van der Waals surface area contributed by atoms with E-state index >= 15 is 0 Å². The first-order valence-corrected chi connectivity index (χ1v) is 25.3. The Labute approximate surface area is 406 Å². The molecule has 19 nitrogen and oxygen atoms in total. The zero-order valence-corrected chi connectivity index (χ0v) is 41.9. The van der Waals surface area contributed by atoms with E-state index in [1.54, 1.807) is 0 Å². The van der Waals surface area contributed by atoms with Gasteiger partial charge in [0, 0.05) is 6.92 Å². The molecule has 398 valence electrons. The molecular formula is C50H84O19. The van der Waals surface area contributed by atoms with Crippen LogP contribution < -0.4 is 0 Å². The van der Waals surface area contributed by atoms with Crippen LogP contribution in [-0.4, -0.2) is 192 Å². The summed E-state index contributed by atoms with van der Waals surface area (Å²) in [6.07, 6.45) is -15.9. The molecule has 0 aromatic heterocycles. The van der Waals surface area contributed by atoms with Gasteiger partial charge in [0.1, 0.15) is 79.9 Å². The molecule has 7 aliphatic rings. The van der Waals surface area contributed by atoms with Gasteiger partial charge in [0.05, 0.1) is 31.0 Å². The first-order chi connectivity index (χ1) is 32.2. The van der Waals surface area contributed by atoms with Gasteiger partial charge in [-0.2, -0.15) is 0 Å². The minimum absolute atomic E-state index is 0.0657. The quantitative estimate of drug-likeness (QED) is 0.0643. The Hall–Kier alpha value is -1.47. The molecule has 11 N–H and O–H groups in total. The van der Waals surface area contributed by atoms with Crippen molar-refractivity contribution in [3.8, 4) is 0 Å². The smallest absolute Gasteiger partial charge is 0.302 e. The van der Waals surface area contributed by atoms with Crippen molar-refractivity contribution in [1.29, 1.82) is 0 Å². The lowest BCUT2D eigenvalue weighted by Crippen LogP contribution is -2.68. The van der Waals surface area contributed by atoms with Crippen LogP contribution in [0.3, 0.4) is 0 Å². The van der Waals surface area contributed by atoms with Crippen LogP contribution in [0.1, 0.15) is 120 Å². The Morgan fingerprint density at radius 1 is 0.652 bits per heavy atom. The lowest BCUT2D eigenvalue weighted by Gasteiger charge is -2.71. The highest BCUT2D eigenvalue weighted by molar-refractivity contribution is 5.65. The molecule has 0 amide bonds. The van der Waals surface area contributed by atoms with E-state index in [1.807, 2.05) is 20.8 Å². The Morgan fingerprint density at radius 3 is 1.81 bits per heavy atom. The highest BCUT2D eigenvalue weighted by atomic mass is 16.8. The van der Waals surface area contributed by atoms with Gasteiger partial charge < -0.3 is 89.3 Å². The molecular weight excluding hydrogens is 905 g/mol. The number of hydrogen-bond acceptors (Lipinski definition) is 19. The molecule has 4 aliphatic carbocycles. The minimum Gasteiger partial charge on any atom is -0.463 e. The normalized spacial score (nSPS) is 50.5. The zero-order chi connectivity index (χ0) is 50.9. The fourth-order valence-corrected chi connectivity index (χ4v) is 15.1. The highest BCUT2D eigenvalue weighted by Crippen LogP contribution is 2.76. The predicted octanol–water partition coefficient (Wildman–Crippen LogP) is 0.544. The molecule has 19 heteroatoms. The number of fused-ring (bicyclic) bond motifs is 5. The minimum atomic E-state index is -1.82. The summed E-state index contributed by atoms with van der Waals surface area (Å²) in [5.74, 6) is -0.854. The number of aliphatic hydroxyl groups excluding tert-OH is 11. The van der Waals surface area contributed by atoms with Crippen LogP contribution in [0.25, 0.3) is 0 Å². The van der Waals surface area contributed by atoms with E-state index in [9.17, 15) is 61.0 Å². The maximum Gasteiger partial charge on any atom is 0.302 e. The molecule has 25 atom stereocenters. The van der Waals surface area contributed by atoms with Crippen molar-refractivity contribution in [2.45, 2.75) is 230 Å². The standard InChI is InChI=1S/C50H84O19/c1-23(2)11-10-15-50(9,69-44-41(62)38(59)35(56)28(21-52)65-44)25-12-17-49(8)33(25)26(54)19-31-47(6)16-14-32(46(4,5)30(47)13-18-48(31,49)7)67-45-42(39(60)36(57)29(66-45)22-63-24(3)53)68-43-40(61)37(58)34(55)27(20-51)64-43/h11,25-45,51-52,54-62H,10,12-22H2,1-9H3/t25-,26+,27+,28+,29+,30?,31+,32-,33-,34+,35+,36+,37-,38-,39-,40+,41+,42+,43-,44-,45-,47-,48+,49+,50-/m0/s1. The molecule has 7 fully saturated rings. The molecule has 4 saturated carbocycles. The van der Waals surface area contributed by atoms with Gasteiger partial charge in [-0.25, -0.2) is 0 Å². The van der Waals surface area contributed by atoms with Crippen molar-refractivity contribution in [2.24, 2.45) is 45.3 Å². The van der Waals surface area contributed by atoms with Gasteiger partial charge in [0.25, 0.3) is 0 Å². The third-order valence-corrected chi connectivity index (χ3v) is 19.1. The third kappa shape index (κ3) is 9.75. The number of rotatable bonds is 14. The Kier molecular flexibility index (Phi) is 16.6. The van der Waals surface area contributed by atoms with Crippen LogP contribution in [0.4, 0.5) is 0 Å². The maximum atomic E-state index is 12.7. The van der Waals surface area contributed by atoms with Crippen molar-refractivity contribution in [1.82, 2.24) is 0 Å². The molecule has 0 spiro atoms. The predicted molar refractivity (Wildman–Crippen MR) is 243 cm³/mol. The number of hydrogen-bond donors (Lipinski definition) is 11. The summed E-state index contributed by atoms with van der Waals surface area (Å²) in [6, 6.07) is 0.